The number of hydrogen-bond donors (Lipinski definition) is 0. The van der Waals surface area contributed by atoms with Gasteiger partial charge in [0.05, 0.1) is 5.69 Å². The Labute approximate surface area is 69.9 Å². The predicted octanol–water partition coefficient (Wildman–Crippen LogP) is 2.12. The summed E-state index contributed by atoms with van der Waals surface area (Å²) in [7, 11) is 0. The minimum Gasteiger partial charge on any atom is -0.264 e. The molecule has 0 saturated heterocycles. The Bertz CT molecular complexity index is 349. The zero-order valence-corrected chi connectivity index (χ0v) is 6.36. The maximum absolute atomic E-state index is 4.28. The molecule has 12 heavy (non-hydrogen) atoms. The molecule has 0 radical (unpaired) electrons. The van der Waals surface area contributed by atoms with Crippen molar-refractivity contribution in [2.45, 2.75) is 0 Å². The zero-order chi connectivity index (χ0) is 7.97. The SMILES string of the molecule is c1cnc2c(c1)-c1cnccc1-2. The monoisotopic (exact) mass is 154 g/mol. The molecule has 0 aromatic carbocycles. The van der Waals surface area contributed by atoms with Gasteiger partial charge in [-0.25, -0.2) is 0 Å². The van der Waals surface area contributed by atoms with E-state index < -0.39 is 0 Å². The van der Waals surface area contributed by atoms with Gasteiger partial charge >= 0.3 is 0 Å². The van der Waals surface area contributed by atoms with Gasteiger partial charge in [0, 0.05) is 35.3 Å². The highest BCUT2D eigenvalue weighted by Crippen LogP contribution is 2.44. The van der Waals surface area contributed by atoms with Crippen molar-refractivity contribution in [3.8, 4) is 22.4 Å². The molecule has 0 spiro atoms. The topological polar surface area (TPSA) is 25.8 Å². The van der Waals surface area contributed by atoms with E-state index in [9.17, 15) is 0 Å². The molecule has 0 saturated carbocycles. The fourth-order valence-electron chi connectivity index (χ4n) is 1.59. The normalized spacial score (nSPS) is 11.3. The summed E-state index contributed by atoms with van der Waals surface area (Å²) in [4.78, 5) is 8.35. The first-order valence-electron chi connectivity index (χ1n) is 3.86. The van der Waals surface area contributed by atoms with Crippen LogP contribution in [0.25, 0.3) is 22.4 Å². The Morgan fingerprint density at radius 3 is 2.92 bits per heavy atom. The summed E-state index contributed by atoms with van der Waals surface area (Å²) >= 11 is 0. The number of rotatable bonds is 0. The molecule has 0 amide bonds. The van der Waals surface area contributed by atoms with E-state index in [-0.39, 0.29) is 0 Å². The molecule has 2 aromatic rings. The Balaban J connectivity index is 2.34. The smallest absolute Gasteiger partial charge is 0.0788 e. The van der Waals surface area contributed by atoms with Crippen molar-refractivity contribution in [1.29, 1.82) is 0 Å². The van der Waals surface area contributed by atoms with Crippen molar-refractivity contribution in [2.24, 2.45) is 0 Å². The fourth-order valence-corrected chi connectivity index (χ4v) is 1.59. The van der Waals surface area contributed by atoms with Crippen LogP contribution in [-0.4, -0.2) is 9.97 Å². The molecule has 2 heteroatoms. The molecule has 0 aliphatic heterocycles. The molecule has 1 aliphatic rings. The van der Waals surface area contributed by atoms with Gasteiger partial charge in [-0.1, -0.05) is 6.07 Å². The van der Waals surface area contributed by atoms with Crippen LogP contribution in [0.1, 0.15) is 0 Å². The highest BCUT2D eigenvalue weighted by atomic mass is 14.7. The van der Waals surface area contributed by atoms with Gasteiger partial charge in [0.15, 0.2) is 0 Å². The van der Waals surface area contributed by atoms with E-state index >= 15 is 0 Å². The average Bonchev–Trinajstić information content (AvgIpc) is 2.14. The summed E-state index contributed by atoms with van der Waals surface area (Å²) in [5.41, 5.74) is 4.77. The molecule has 3 rings (SSSR count). The summed E-state index contributed by atoms with van der Waals surface area (Å²) in [5, 5.41) is 0. The van der Waals surface area contributed by atoms with Crippen LogP contribution < -0.4 is 0 Å². The molecule has 2 nitrogen and oxygen atoms in total. The standard InChI is InChI=1S/C10H6N2/c1-2-7-9-6-11-5-3-8(9)10(7)12-4-1/h1-6H. The van der Waals surface area contributed by atoms with Crippen molar-refractivity contribution >= 4 is 0 Å². The van der Waals surface area contributed by atoms with Crippen LogP contribution in [0.2, 0.25) is 0 Å². The summed E-state index contributed by atoms with van der Waals surface area (Å²) in [5.74, 6) is 0. The molecule has 1 aliphatic carbocycles. The van der Waals surface area contributed by atoms with E-state index in [0.717, 1.165) is 5.69 Å². The lowest BCUT2D eigenvalue weighted by Gasteiger charge is -2.20. The number of nitrogens with zero attached hydrogens (tertiary/aromatic N) is 2. The average molecular weight is 154 g/mol. The molecule has 0 fully saturated rings. The molecule has 0 unspecified atom stereocenters. The lowest BCUT2D eigenvalue weighted by atomic mass is 9.87. The van der Waals surface area contributed by atoms with E-state index in [1.807, 2.05) is 24.5 Å². The predicted molar refractivity (Wildman–Crippen MR) is 46.5 cm³/mol. The van der Waals surface area contributed by atoms with Gasteiger partial charge in [0.2, 0.25) is 0 Å². The first-order valence-corrected chi connectivity index (χ1v) is 3.86. The quantitative estimate of drug-likeness (QED) is 0.495. The third-order valence-electron chi connectivity index (χ3n) is 2.17. The molecule has 0 atom stereocenters. The number of fused-ring (bicyclic) bond motifs is 4. The van der Waals surface area contributed by atoms with Crippen LogP contribution in [0, 0.1) is 0 Å². The summed E-state index contributed by atoms with van der Waals surface area (Å²) in [6.07, 6.45) is 5.51. The lowest BCUT2D eigenvalue weighted by Crippen LogP contribution is -2.00. The summed E-state index contributed by atoms with van der Waals surface area (Å²) in [6.45, 7) is 0. The van der Waals surface area contributed by atoms with Crippen LogP contribution in [-0.2, 0) is 0 Å². The van der Waals surface area contributed by atoms with Crippen LogP contribution >= 0.6 is 0 Å². The van der Waals surface area contributed by atoms with Gasteiger partial charge in [-0.3, -0.25) is 9.97 Å². The van der Waals surface area contributed by atoms with Crippen LogP contribution in [0.5, 0.6) is 0 Å². The van der Waals surface area contributed by atoms with E-state index in [4.69, 9.17) is 0 Å². The van der Waals surface area contributed by atoms with E-state index in [0.29, 0.717) is 0 Å². The maximum atomic E-state index is 4.28. The van der Waals surface area contributed by atoms with Gasteiger partial charge in [-0.2, -0.15) is 0 Å². The second kappa shape index (κ2) is 1.91. The van der Waals surface area contributed by atoms with E-state index in [2.05, 4.69) is 16.0 Å². The number of pyridine rings is 2. The molecular weight excluding hydrogens is 148 g/mol. The summed E-state index contributed by atoms with van der Waals surface area (Å²) in [6, 6.07) is 6.03. The first kappa shape index (κ1) is 5.89. The van der Waals surface area contributed by atoms with Crippen molar-refractivity contribution in [3.63, 3.8) is 0 Å². The third kappa shape index (κ3) is 0.552. The van der Waals surface area contributed by atoms with E-state index in [1.54, 1.807) is 6.20 Å². The minimum absolute atomic E-state index is 1.11. The van der Waals surface area contributed by atoms with Gasteiger partial charge in [-0.05, 0) is 12.1 Å². The van der Waals surface area contributed by atoms with Gasteiger partial charge in [0.1, 0.15) is 0 Å². The van der Waals surface area contributed by atoms with Crippen molar-refractivity contribution in [1.82, 2.24) is 9.97 Å². The minimum atomic E-state index is 1.11. The second-order valence-electron chi connectivity index (χ2n) is 2.82. The number of aromatic nitrogens is 2. The molecule has 56 valence electrons. The largest absolute Gasteiger partial charge is 0.264 e. The summed E-state index contributed by atoms with van der Waals surface area (Å²) < 4.78 is 0. The zero-order valence-electron chi connectivity index (χ0n) is 6.36. The molecule has 0 bridgehead atoms. The number of hydrogen-bond acceptors (Lipinski definition) is 2. The maximum Gasteiger partial charge on any atom is 0.0788 e. The molecule has 0 N–H and O–H groups in total. The van der Waals surface area contributed by atoms with Crippen molar-refractivity contribution in [3.05, 3.63) is 36.8 Å². The molecule has 2 heterocycles. The van der Waals surface area contributed by atoms with Crippen LogP contribution in [0.15, 0.2) is 36.8 Å². The first-order chi connectivity index (χ1) is 5.97. The molecule has 2 aromatic heterocycles. The Hall–Kier alpha value is -1.70. The molecular formula is C10H6N2. The lowest BCUT2D eigenvalue weighted by molar-refractivity contribution is 1.25. The highest BCUT2D eigenvalue weighted by Gasteiger charge is 2.22. The fraction of sp³-hybridized carbons (Fsp3) is 0. The van der Waals surface area contributed by atoms with Gasteiger partial charge in [0.25, 0.3) is 0 Å². The van der Waals surface area contributed by atoms with Gasteiger partial charge < -0.3 is 0 Å². The Kier molecular flexibility index (Phi) is 0.939. The van der Waals surface area contributed by atoms with Crippen molar-refractivity contribution < 1.29 is 0 Å². The van der Waals surface area contributed by atoms with Crippen LogP contribution in [0.3, 0.4) is 0 Å². The third-order valence-corrected chi connectivity index (χ3v) is 2.17. The van der Waals surface area contributed by atoms with Crippen LogP contribution in [0.4, 0.5) is 0 Å². The highest BCUT2D eigenvalue weighted by molar-refractivity contribution is 5.99. The Morgan fingerprint density at radius 2 is 1.92 bits per heavy atom. The van der Waals surface area contributed by atoms with Crippen molar-refractivity contribution in [2.75, 3.05) is 0 Å². The Morgan fingerprint density at radius 1 is 0.917 bits per heavy atom. The van der Waals surface area contributed by atoms with Gasteiger partial charge in [-0.15, -0.1) is 0 Å². The second-order valence-corrected chi connectivity index (χ2v) is 2.82. The van der Waals surface area contributed by atoms with E-state index in [1.165, 1.54) is 16.7 Å².